The van der Waals surface area contributed by atoms with E-state index in [0.29, 0.717) is 6.61 Å². The third kappa shape index (κ3) is 2.54. The maximum atomic E-state index is 6.01. The van der Waals surface area contributed by atoms with Crippen molar-refractivity contribution in [2.24, 2.45) is 5.73 Å². The molecule has 2 nitrogen and oxygen atoms in total. The fourth-order valence-electron chi connectivity index (χ4n) is 2.02. The smallest absolute Gasteiger partial charge is 0.131 e. The SMILES string of the molecule is C=CCCOc1c([C@@H](C)N)ccc2ccccc12. The quantitative estimate of drug-likeness (QED) is 0.638. The Kier molecular flexibility index (Phi) is 4.00. The van der Waals surface area contributed by atoms with Gasteiger partial charge >= 0.3 is 0 Å². The Morgan fingerprint density at radius 3 is 2.78 bits per heavy atom. The largest absolute Gasteiger partial charge is 0.492 e. The van der Waals surface area contributed by atoms with Crippen LogP contribution in [0.4, 0.5) is 0 Å². The summed E-state index contributed by atoms with van der Waals surface area (Å²) in [5.74, 6) is 0.907. The summed E-state index contributed by atoms with van der Waals surface area (Å²) in [7, 11) is 0. The lowest BCUT2D eigenvalue weighted by Crippen LogP contribution is -2.09. The van der Waals surface area contributed by atoms with Crippen LogP contribution in [0.25, 0.3) is 10.8 Å². The fraction of sp³-hybridized carbons (Fsp3) is 0.250. The molecule has 0 saturated carbocycles. The first-order valence-corrected chi connectivity index (χ1v) is 6.25. The second-order valence-corrected chi connectivity index (χ2v) is 4.42. The highest BCUT2D eigenvalue weighted by atomic mass is 16.5. The van der Waals surface area contributed by atoms with Crippen molar-refractivity contribution in [3.8, 4) is 5.75 Å². The van der Waals surface area contributed by atoms with Crippen LogP contribution >= 0.6 is 0 Å². The maximum Gasteiger partial charge on any atom is 0.131 e. The Hall–Kier alpha value is -1.80. The number of hydrogen-bond donors (Lipinski definition) is 1. The Morgan fingerprint density at radius 2 is 2.06 bits per heavy atom. The highest BCUT2D eigenvalue weighted by molar-refractivity contribution is 5.89. The molecule has 2 aromatic carbocycles. The van der Waals surface area contributed by atoms with Crippen molar-refractivity contribution in [2.75, 3.05) is 6.61 Å². The van der Waals surface area contributed by atoms with Crippen molar-refractivity contribution >= 4 is 10.8 Å². The minimum Gasteiger partial charge on any atom is -0.492 e. The number of rotatable bonds is 5. The minimum atomic E-state index is -0.0339. The van der Waals surface area contributed by atoms with E-state index in [1.54, 1.807) is 0 Å². The molecule has 0 aromatic heterocycles. The standard InChI is InChI=1S/C16H19NO/c1-3-4-11-18-16-14(12(2)17)10-9-13-7-5-6-8-15(13)16/h3,5-10,12H,1,4,11,17H2,2H3/t12-/m1/s1. The van der Waals surface area contributed by atoms with Gasteiger partial charge in [-0.2, -0.15) is 0 Å². The average molecular weight is 241 g/mol. The fourth-order valence-corrected chi connectivity index (χ4v) is 2.02. The Morgan fingerprint density at radius 1 is 1.28 bits per heavy atom. The molecule has 2 aromatic rings. The lowest BCUT2D eigenvalue weighted by atomic mass is 10.0. The number of ether oxygens (including phenoxy) is 1. The van der Waals surface area contributed by atoms with Gasteiger partial charge in [-0.25, -0.2) is 0 Å². The third-order valence-corrected chi connectivity index (χ3v) is 2.97. The van der Waals surface area contributed by atoms with E-state index in [1.807, 2.05) is 25.1 Å². The normalized spacial score (nSPS) is 12.3. The molecule has 2 N–H and O–H groups in total. The van der Waals surface area contributed by atoms with Crippen LogP contribution < -0.4 is 10.5 Å². The van der Waals surface area contributed by atoms with Crippen molar-refractivity contribution in [3.05, 3.63) is 54.6 Å². The van der Waals surface area contributed by atoms with Crippen molar-refractivity contribution in [1.82, 2.24) is 0 Å². The van der Waals surface area contributed by atoms with E-state index < -0.39 is 0 Å². The van der Waals surface area contributed by atoms with Crippen LogP contribution in [-0.4, -0.2) is 6.61 Å². The van der Waals surface area contributed by atoms with Gasteiger partial charge in [0.1, 0.15) is 5.75 Å². The van der Waals surface area contributed by atoms with Gasteiger partial charge in [0.15, 0.2) is 0 Å². The predicted molar refractivity (Wildman–Crippen MR) is 76.9 cm³/mol. The topological polar surface area (TPSA) is 35.2 Å². The van der Waals surface area contributed by atoms with Gasteiger partial charge in [-0.05, 0) is 18.7 Å². The molecule has 0 fully saturated rings. The van der Waals surface area contributed by atoms with E-state index >= 15 is 0 Å². The van der Waals surface area contributed by atoms with Crippen molar-refractivity contribution in [2.45, 2.75) is 19.4 Å². The Balaban J connectivity index is 2.48. The molecule has 0 spiro atoms. The Bertz CT molecular complexity index is 546. The van der Waals surface area contributed by atoms with Gasteiger partial charge in [-0.15, -0.1) is 6.58 Å². The molecule has 0 unspecified atom stereocenters. The van der Waals surface area contributed by atoms with Crippen LogP contribution in [0.15, 0.2) is 49.1 Å². The molecule has 0 aliphatic heterocycles. The summed E-state index contributed by atoms with van der Waals surface area (Å²) in [4.78, 5) is 0. The first-order chi connectivity index (χ1) is 8.74. The van der Waals surface area contributed by atoms with E-state index in [1.165, 1.54) is 5.39 Å². The third-order valence-electron chi connectivity index (χ3n) is 2.97. The highest BCUT2D eigenvalue weighted by Gasteiger charge is 2.11. The number of benzene rings is 2. The van der Waals surface area contributed by atoms with Crippen molar-refractivity contribution in [1.29, 1.82) is 0 Å². The summed E-state index contributed by atoms with van der Waals surface area (Å²) in [5, 5.41) is 2.30. The second kappa shape index (κ2) is 5.69. The molecular formula is C16H19NO. The van der Waals surface area contributed by atoms with E-state index in [0.717, 1.165) is 23.1 Å². The summed E-state index contributed by atoms with van der Waals surface area (Å²) in [5.41, 5.74) is 7.06. The van der Waals surface area contributed by atoms with Crippen LogP contribution in [0.1, 0.15) is 24.9 Å². The van der Waals surface area contributed by atoms with Crippen LogP contribution in [0.2, 0.25) is 0 Å². The molecule has 1 atom stereocenters. The van der Waals surface area contributed by atoms with Gasteiger partial charge in [0.25, 0.3) is 0 Å². The van der Waals surface area contributed by atoms with Gasteiger partial charge < -0.3 is 10.5 Å². The molecule has 0 aliphatic rings. The van der Waals surface area contributed by atoms with E-state index in [4.69, 9.17) is 10.5 Å². The van der Waals surface area contributed by atoms with Gasteiger partial charge in [0.05, 0.1) is 6.61 Å². The predicted octanol–water partition coefficient (Wildman–Crippen LogP) is 3.81. The van der Waals surface area contributed by atoms with Gasteiger partial charge in [0.2, 0.25) is 0 Å². The summed E-state index contributed by atoms with van der Waals surface area (Å²) in [6.07, 6.45) is 2.69. The average Bonchev–Trinajstić information content (AvgIpc) is 2.38. The van der Waals surface area contributed by atoms with Crippen molar-refractivity contribution in [3.63, 3.8) is 0 Å². The van der Waals surface area contributed by atoms with Crippen LogP contribution in [0.5, 0.6) is 5.75 Å². The van der Waals surface area contributed by atoms with E-state index in [9.17, 15) is 0 Å². The van der Waals surface area contributed by atoms with Gasteiger partial charge in [-0.1, -0.05) is 42.5 Å². The summed E-state index contributed by atoms with van der Waals surface area (Å²) >= 11 is 0. The highest BCUT2D eigenvalue weighted by Crippen LogP contribution is 2.32. The van der Waals surface area contributed by atoms with E-state index in [-0.39, 0.29) is 6.04 Å². The number of hydrogen-bond acceptors (Lipinski definition) is 2. The summed E-state index contributed by atoms with van der Waals surface area (Å²) < 4.78 is 5.90. The van der Waals surface area contributed by atoms with E-state index in [2.05, 4.69) is 30.8 Å². The maximum absolute atomic E-state index is 6.01. The molecule has 94 valence electrons. The second-order valence-electron chi connectivity index (χ2n) is 4.42. The lowest BCUT2D eigenvalue weighted by Gasteiger charge is -2.16. The van der Waals surface area contributed by atoms with Crippen LogP contribution in [0, 0.1) is 0 Å². The molecule has 0 saturated heterocycles. The van der Waals surface area contributed by atoms with Crippen LogP contribution in [0.3, 0.4) is 0 Å². The van der Waals surface area contributed by atoms with Gasteiger partial charge in [-0.3, -0.25) is 0 Å². The number of nitrogens with two attached hydrogens (primary N) is 1. The summed E-state index contributed by atoms with van der Waals surface area (Å²) in [6.45, 7) is 6.32. The molecule has 0 heterocycles. The zero-order chi connectivity index (χ0) is 13.0. The van der Waals surface area contributed by atoms with Crippen molar-refractivity contribution < 1.29 is 4.74 Å². The monoisotopic (exact) mass is 241 g/mol. The van der Waals surface area contributed by atoms with Crippen LogP contribution in [-0.2, 0) is 0 Å². The first-order valence-electron chi connectivity index (χ1n) is 6.25. The lowest BCUT2D eigenvalue weighted by molar-refractivity contribution is 0.324. The van der Waals surface area contributed by atoms with Gasteiger partial charge in [0, 0.05) is 17.0 Å². The number of fused-ring (bicyclic) bond motifs is 1. The molecule has 2 heteroatoms. The molecular weight excluding hydrogens is 222 g/mol. The zero-order valence-corrected chi connectivity index (χ0v) is 10.7. The molecule has 2 rings (SSSR count). The molecule has 18 heavy (non-hydrogen) atoms. The Labute approximate surface area is 108 Å². The molecule has 0 aliphatic carbocycles. The summed E-state index contributed by atoms with van der Waals surface area (Å²) in [6, 6.07) is 12.3. The molecule has 0 bridgehead atoms. The first kappa shape index (κ1) is 12.7. The molecule has 0 amide bonds. The zero-order valence-electron chi connectivity index (χ0n) is 10.7. The minimum absolute atomic E-state index is 0.0339. The molecule has 0 radical (unpaired) electrons.